The molecular formula is C14H20N6O2. The predicted octanol–water partition coefficient (Wildman–Crippen LogP) is 1.57. The van der Waals surface area contributed by atoms with E-state index in [0.29, 0.717) is 24.9 Å². The molecule has 2 N–H and O–H groups in total. The molecule has 0 fully saturated rings. The molecule has 0 bridgehead atoms. The van der Waals surface area contributed by atoms with E-state index in [2.05, 4.69) is 34.5 Å². The van der Waals surface area contributed by atoms with Crippen molar-refractivity contribution in [1.29, 1.82) is 0 Å². The Morgan fingerprint density at radius 2 is 2.14 bits per heavy atom. The first-order chi connectivity index (χ1) is 10.6. The highest BCUT2D eigenvalue weighted by molar-refractivity contribution is 5.80. The van der Waals surface area contributed by atoms with Crippen LogP contribution in [0.5, 0.6) is 11.5 Å². The van der Waals surface area contributed by atoms with Crippen molar-refractivity contribution in [3.63, 3.8) is 0 Å². The third-order valence-electron chi connectivity index (χ3n) is 2.63. The van der Waals surface area contributed by atoms with Crippen LogP contribution in [0, 0.1) is 5.92 Å². The molecule has 1 heterocycles. The first-order valence-corrected chi connectivity index (χ1v) is 7.08. The average molecular weight is 304 g/mol. The second-order valence-corrected chi connectivity index (χ2v) is 5.02. The molecule has 1 aromatic carbocycles. The summed E-state index contributed by atoms with van der Waals surface area (Å²) in [6, 6.07) is 5.59. The summed E-state index contributed by atoms with van der Waals surface area (Å²) >= 11 is 0. The fourth-order valence-corrected chi connectivity index (χ4v) is 1.64. The van der Waals surface area contributed by atoms with Crippen molar-refractivity contribution in [2.24, 2.45) is 11.0 Å². The lowest BCUT2D eigenvalue weighted by Gasteiger charge is -2.13. The SMILES string of the molecule is CCOc1cc(C=Nn2nnnc2N)ccc1OCC(C)C. The van der Waals surface area contributed by atoms with E-state index in [1.54, 1.807) is 6.21 Å². The van der Waals surface area contributed by atoms with E-state index in [9.17, 15) is 0 Å². The molecule has 22 heavy (non-hydrogen) atoms. The number of hydrogen-bond acceptors (Lipinski definition) is 7. The number of hydrogen-bond donors (Lipinski definition) is 1. The summed E-state index contributed by atoms with van der Waals surface area (Å²) in [6.07, 6.45) is 1.60. The van der Waals surface area contributed by atoms with Gasteiger partial charge in [-0.1, -0.05) is 23.7 Å². The lowest BCUT2D eigenvalue weighted by atomic mass is 10.2. The van der Waals surface area contributed by atoms with E-state index in [1.807, 2.05) is 25.1 Å². The Labute approximate surface area is 128 Å². The van der Waals surface area contributed by atoms with E-state index in [-0.39, 0.29) is 5.95 Å². The van der Waals surface area contributed by atoms with Gasteiger partial charge in [0.25, 0.3) is 5.95 Å². The molecular weight excluding hydrogens is 284 g/mol. The van der Waals surface area contributed by atoms with Crippen molar-refractivity contribution in [3.8, 4) is 11.5 Å². The van der Waals surface area contributed by atoms with Gasteiger partial charge in [-0.25, -0.2) is 0 Å². The van der Waals surface area contributed by atoms with Crippen molar-refractivity contribution in [3.05, 3.63) is 23.8 Å². The van der Waals surface area contributed by atoms with E-state index in [0.717, 1.165) is 16.1 Å². The van der Waals surface area contributed by atoms with Crippen LogP contribution in [0.25, 0.3) is 0 Å². The van der Waals surface area contributed by atoms with Crippen LogP contribution in [0.1, 0.15) is 26.3 Å². The molecule has 0 amide bonds. The number of nitrogens with zero attached hydrogens (tertiary/aromatic N) is 5. The van der Waals surface area contributed by atoms with Crippen molar-refractivity contribution in [2.45, 2.75) is 20.8 Å². The summed E-state index contributed by atoms with van der Waals surface area (Å²) in [4.78, 5) is 1.14. The Bertz CT molecular complexity index is 638. The number of benzene rings is 1. The van der Waals surface area contributed by atoms with Crippen molar-refractivity contribution >= 4 is 12.2 Å². The second-order valence-electron chi connectivity index (χ2n) is 5.02. The van der Waals surface area contributed by atoms with E-state index < -0.39 is 0 Å². The van der Waals surface area contributed by atoms with Crippen LogP contribution < -0.4 is 15.2 Å². The van der Waals surface area contributed by atoms with Gasteiger partial charge >= 0.3 is 0 Å². The molecule has 118 valence electrons. The van der Waals surface area contributed by atoms with E-state index in [1.165, 1.54) is 0 Å². The van der Waals surface area contributed by atoms with E-state index in [4.69, 9.17) is 15.2 Å². The minimum Gasteiger partial charge on any atom is -0.490 e. The summed E-state index contributed by atoms with van der Waals surface area (Å²) in [5.41, 5.74) is 6.37. The van der Waals surface area contributed by atoms with Gasteiger partial charge in [-0.3, -0.25) is 0 Å². The quantitative estimate of drug-likeness (QED) is 0.779. The molecule has 0 radical (unpaired) electrons. The first-order valence-electron chi connectivity index (χ1n) is 7.08. The Kier molecular flexibility index (Phi) is 5.29. The maximum absolute atomic E-state index is 5.75. The van der Waals surface area contributed by atoms with Crippen molar-refractivity contribution in [2.75, 3.05) is 18.9 Å². The number of rotatable bonds is 7. The molecule has 8 nitrogen and oxygen atoms in total. The number of aromatic nitrogens is 4. The zero-order valence-corrected chi connectivity index (χ0v) is 12.9. The first kappa shape index (κ1) is 15.7. The smallest absolute Gasteiger partial charge is 0.263 e. The summed E-state index contributed by atoms with van der Waals surface area (Å²) in [5, 5.41) is 14.7. The maximum Gasteiger partial charge on any atom is 0.263 e. The predicted molar refractivity (Wildman–Crippen MR) is 83.2 cm³/mol. The Morgan fingerprint density at radius 3 is 2.77 bits per heavy atom. The second kappa shape index (κ2) is 7.39. The Hall–Kier alpha value is -2.64. The summed E-state index contributed by atoms with van der Waals surface area (Å²) in [7, 11) is 0. The minimum absolute atomic E-state index is 0.123. The van der Waals surface area contributed by atoms with Gasteiger partial charge < -0.3 is 15.2 Å². The highest BCUT2D eigenvalue weighted by Crippen LogP contribution is 2.28. The third-order valence-corrected chi connectivity index (χ3v) is 2.63. The van der Waals surface area contributed by atoms with Crippen LogP contribution in [-0.2, 0) is 0 Å². The van der Waals surface area contributed by atoms with Gasteiger partial charge in [-0.05, 0) is 47.0 Å². The maximum atomic E-state index is 5.75. The molecule has 2 rings (SSSR count). The lowest BCUT2D eigenvalue weighted by Crippen LogP contribution is -2.06. The van der Waals surface area contributed by atoms with Gasteiger partial charge in [-0.15, -0.1) is 0 Å². The molecule has 0 aliphatic carbocycles. The van der Waals surface area contributed by atoms with Gasteiger partial charge in [0, 0.05) is 0 Å². The van der Waals surface area contributed by atoms with Crippen LogP contribution in [-0.4, -0.2) is 39.7 Å². The Balaban J connectivity index is 2.17. The molecule has 0 aliphatic heterocycles. The topological polar surface area (TPSA) is 100 Å². The van der Waals surface area contributed by atoms with Crippen LogP contribution in [0.3, 0.4) is 0 Å². The zero-order valence-electron chi connectivity index (χ0n) is 12.9. The number of nitrogens with two attached hydrogens (primary N) is 1. The molecule has 8 heteroatoms. The molecule has 2 aromatic rings. The largest absolute Gasteiger partial charge is 0.490 e. The highest BCUT2D eigenvalue weighted by atomic mass is 16.5. The number of anilines is 1. The van der Waals surface area contributed by atoms with Gasteiger partial charge in [0.15, 0.2) is 11.5 Å². The molecule has 1 aromatic heterocycles. The normalized spacial score (nSPS) is 11.3. The van der Waals surface area contributed by atoms with Gasteiger partial charge in [0.1, 0.15) is 0 Å². The molecule has 0 unspecified atom stereocenters. The average Bonchev–Trinajstić information content (AvgIpc) is 2.89. The van der Waals surface area contributed by atoms with Crippen LogP contribution in [0.15, 0.2) is 23.3 Å². The molecule has 0 spiro atoms. The Morgan fingerprint density at radius 1 is 1.32 bits per heavy atom. The summed E-state index contributed by atoms with van der Waals surface area (Å²) in [5.74, 6) is 1.96. The number of nitrogen functional groups attached to an aromatic ring is 1. The molecule has 0 atom stereocenters. The summed E-state index contributed by atoms with van der Waals surface area (Å²) in [6.45, 7) is 7.30. The fourth-order valence-electron chi connectivity index (χ4n) is 1.64. The van der Waals surface area contributed by atoms with Gasteiger partial charge in [0.05, 0.1) is 19.4 Å². The number of tetrazole rings is 1. The fraction of sp³-hybridized carbons (Fsp3) is 0.429. The molecule has 0 aliphatic rings. The molecule has 0 saturated heterocycles. The van der Waals surface area contributed by atoms with Crippen LogP contribution >= 0.6 is 0 Å². The van der Waals surface area contributed by atoms with Crippen LogP contribution in [0.4, 0.5) is 5.95 Å². The van der Waals surface area contributed by atoms with Crippen LogP contribution in [0.2, 0.25) is 0 Å². The minimum atomic E-state index is 0.123. The van der Waals surface area contributed by atoms with Crippen molar-refractivity contribution in [1.82, 2.24) is 20.3 Å². The highest BCUT2D eigenvalue weighted by Gasteiger charge is 2.07. The standard InChI is InChI=1S/C14H20N6O2/c1-4-21-13-7-11(5-6-12(13)22-9-10(2)3)8-16-20-14(15)17-18-19-20/h5-8,10H,4,9H2,1-3H3,(H2,15,17,19). The zero-order chi connectivity index (χ0) is 15.9. The number of ether oxygens (including phenoxy) is 2. The van der Waals surface area contributed by atoms with E-state index >= 15 is 0 Å². The lowest BCUT2D eigenvalue weighted by molar-refractivity contribution is 0.248. The van der Waals surface area contributed by atoms with Gasteiger partial charge in [-0.2, -0.15) is 5.10 Å². The molecule has 0 saturated carbocycles. The third kappa shape index (κ3) is 4.18. The van der Waals surface area contributed by atoms with Crippen molar-refractivity contribution < 1.29 is 9.47 Å². The monoisotopic (exact) mass is 304 g/mol. The summed E-state index contributed by atoms with van der Waals surface area (Å²) < 4.78 is 11.4. The van der Waals surface area contributed by atoms with Gasteiger partial charge in [0.2, 0.25) is 0 Å².